The molecule has 1 aromatic heterocycles. The second-order valence-electron chi connectivity index (χ2n) is 2.86. The van der Waals surface area contributed by atoms with E-state index in [1.165, 1.54) is 11.3 Å². The summed E-state index contributed by atoms with van der Waals surface area (Å²) < 4.78 is 23.8. The molecule has 0 spiro atoms. The highest BCUT2D eigenvalue weighted by molar-refractivity contribution is 9.10. The highest BCUT2D eigenvalue weighted by Gasteiger charge is 2.14. The van der Waals surface area contributed by atoms with E-state index >= 15 is 0 Å². The standard InChI is InChI=1S/C8H11BrO3S2/c9-7-2-4-13-8(7)6-14(11,12)5-1-3-10/h2,4,10H,1,3,5-6H2. The van der Waals surface area contributed by atoms with Gasteiger partial charge in [0.15, 0.2) is 9.84 Å². The van der Waals surface area contributed by atoms with E-state index in [1.54, 1.807) is 0 Å². The first-order valence-corrected chi connectivity index (χ1v) is 7.58. The number of aliphatic hydroxyl groups excluding tert-OH is 1. The van der Waals surface area contributed by atoms with Crippen molar-refractivity contribution in [2.24, 2.45) is 0 Å². The quantitative estimate of drug-likeness (QED) is 0.902. The summed E-state index contributed by atoms with van der Waals surface area (Å²) in [6.07, 6.45) is 0.311. The van der Waals surface area contributed by atoms with Crippen molar-refractivity contribution in [3.05, 3.63) is 20.8 Å². The minimum absolute atomic E-state index is 0.0494. The summed E-state index contributed by atoms with van der Waals surface area (Å²) in [4.78, 5) is 0.822. The van der Waals surface area contributed by atoms with Gasteiger partial charge in [0.25, 0.3) is 0 Å². The van der Waals surface area contributed by atoms with Crippen LogP contribution >= 0.6 is 27.3 Å². The van der Waals surface area contributed by atoms with Crippen LogP contribution in [0, 0.1) is 0 Å². The lowest BCUT2D eigenvalue weighted by Crippen LogP contribution is -2.09. The molecular weight excluding hydrogens is 288 g/mol. The summed E-state index contributed by atoms with van der Waals surface area (Å²) in [5.74, 6) is 0.110. The number of rotatable bonds is 5. The van der Waals surface area contributed by atoms with Gasteiger partial charge in [0, 0.05) is 16.0 Å². The van der Waals surface area contributed by atoms with E-state index in [9.17, 15) is 8.42 Å². The fraction of sp³-hybridized carbons (Fsp3) is 0.500. The Morgan fingerprint density at radius 3 is 2.71 bits per heavy atom. The van der Waals surface area contributed by atoms with Crippen molar-refractivity contribution in [1.82, 2.24) is 0 Å². The van der Waals surface area contributed by atoms with E-state index in [2.05, 4.69) is 15.9 Å². The van der Waals surface area contributed by atoms with Crippen molar-refractivity contribution in [3.8, 4) is 0 Å². The van der Waals surface area contributed by atoms with Gasteiger partial charge in [-0.2, -0.15) is 0 Å². The predicted molar refractivity (Wildman–Crippen MR) is 61.2 cm³/mol. The molecule has 0 aliphatic rings. The molecule has 1 heterocycles. The zero-order valence-corrected chi connectivity index (χ0v) is 10.7. The number of thiophene rings is 1. The molecule has 6 heteroatoms. The molecule has 1 rings (SSSR count). The van der Waals surface area contributed by atoms with Crippen molar-refractivity contribution in [1.29, 1.82) is 0 Å². The van der Waals surface area contributed by atoms with Gasteiger partial charge < -0.3 is 5.11 Å². The Balaban J connectivity index is 2.64. The first kappa shape index (κ1) is 12.2. The van der Waals surface area contributed by atoms with E-state index in [1.807, 2.05) is 11.4 Å². The lowest BCUT2D eigenvalue weighted by Gasteiger charge is -2.01. The van der Waals surface area contributed by atoms with Crippen molar-refractivity contribution in [3.63, 3.8) is 0 Å². The molecule has 0 atom stereocenters. The Morgan fingerprint density at radius 1 is 1.50 bits per heavy atom. The van der Waals surface area contributed by atoms with Crippen LogP contribution < -0.4 is 0 Å². The topological polar surface area (TPSA) is 54.4 Å². The minimum atomic E-state index is -3.07. The molecule has 0 unspecified atom stereocenters. The van der Waals surface area contributed by atoms with Crippen molar-refractivity contribution < 1.29 is 13.5 Å². The third-order valence-electron chi connectivity index (χ3n) is 1.66. The normalized spacial score (nSPS) is 11.9. The average molecular weight is 299 g/mol. The molecule has 0 aliphatic heterocycles. The fourth-order valence-corrected chi connectivity index (χ4v) is 4.53. The monoisotopic (exact) mass is 298 g/mol. The molecule has 1 aromatic rings. The molecule has 0 aromatic carbocycles. The number of hydrogen-bond donors (Lipinski definition) is 1. The number of halogens is 1. The summed E-state index contributed by atoms with van der Waals surface area (Å²) >= 11 is 4.71. The highest BCUT2D eigenvalue weighted by Crippen LogP contribution is 2.24. The summed E-state index contributed by atoms with van der Waals surface area (Å²) in [6, 6.07) is 1.83. The Kier molecular flexibility index (Phi) is 4.56. The van der Waals surface area contributed by atoms with Gasteiger partial charge in [-0.05, 0) is 33.8 Å². The van der Waals surface area contributed by atoms with E-state index in [0.717, 1.165) is 9.35 Å². The molecular formula is C8H11BrO3S2. The zero-order chi connectivity index (χ0) is 10.6. The van der Waals surface area contributed by atoms with Crippen LogP contribution in [-0.4, -0.2) is 25.9 Å². The first-order valence-electron chi connectivity index (χ1n) is 4.08. The summed E-state index contributed by atoms with van der Waals surface area (Å²) in [5, 5.41) is 10.4. The van der Waals surface area contributed by atoms with Crippen LogP contribution in [-0.2, 0) is 15.6 Å². The first-order chi connectivity index (χ1) is 6.55. The zero-order valence-electron chi connectivity index (χ0n) is 7.44. The van der Waals surface area contributed by atoms with Crippen LogP contribution in [0.1, 0.15) is 11.3 Å². The fourth-order valence-electron chi connectivity index (χ4n) is 0.984. The Morgan fingerprint density at radius 2 is 2.21 bits per heavy atom. The summed E-state index contributed by atoms with van der Waals surface area (Å²) in [6.45, 7) is -0.0785. The molecule has 0 fully saturated rings. The molecule has 0 bridgehead atoms. The van der Waals surface area contributed by atoms with Crippen LogP contribution in [0.3, 0.4) is 0 Å². The Labute approximate surface area is 95.8 Å². The number of aliphatic hydroxyl groups is 1. The van der Waals surface area contributed by atoms with Gasteiger partial charge >= 0.3 is 0 Å². The maximum absolute atomic E-state index is 11.5. The van der Waals surface area contributed by atoms with Gasteiger partial charge in [-0.1, -0.05) is 0 Å². The average Bonchev–Trinajstić information content (AvgIpc) is 2.48. The lowest BCUT2D eigenvalue weighted by molar-refractivity contribution is 0.295. The molecule has 0 amide bonds. The predicted octanol–water partition coefficient (Wildman–Crippen LogP) is 1.81. The molecule has 0 saturated carbocycles. The maximum atomic E-state index is 11.5. The molecule has 80 valence electrons. The Bertz CT molecular complexity index is 383. The number of sulfone groups is 1. The Hall–Kier alpha value is 0.0900. The minimum Gasteiger partial charge on any atom is -0.396 e. The van der Waals surface area contributed by atoms with Gasteiger partial charge in [0.2, 0.25) is 0 Å². The van der Waals surface area contributed by atoms with Crippen molar-refractivity contribution in [2.45, 2.75) is 12.2 Å². The van der Waals surface area contributed by atoms with Crippen molar-refractivity contribution in [2.75, 3.05) is 12.4 Å². The highest BCUT2D eigenvalue weighted by atomic mass is 79.9. The molecule has 0 aliphatic carbocycles. The van der Waals surface area contributed by atoms with Crippen LogP contribution in [0.5, 0.6) is 0 Å². The van der Waals surface area contributed by atoms with Gasteiger partial charge in [0.05, 0.1) is 11.5 Å². The smallest absolute Gasteiger partial charge is 0.155 e. The SMILES string of the molecule is O=S(=O)(CCCO)Cc1sccc1Br. The van der Waals surface area contributed by atoms with Crippen molar-refractivity contribution >= 4 is 37.1 Å². The maximum Gasteiger partial charge on any atom is 0.155 e. The third-order valence-corrected chi connectivity index (χ3v) is 5.40. The van der Waals surface area contributed by atoms with E-state index in [4.69, 9.17) is 5.11 Å². The summed E-state index contributed by atoms with van der Waals surface area (Å²) in [5.41, 5.74) is 0. The van der Waals surface area contributed by atoms with Crippen LogP contribution in [0.2, 0.25) is 0 Å². The summed E-state index contributed by atoms with van der Waals surface area (Å²) in [7, 11) is -3.07. The van der Waals surface area contributed by atoms with Crippen LogP contribution in [0.4, 0.5) is 0 Å². The van der Waals surface area contributed by atoms with Crippen LogP contribution in [0.15, 0.2) is 15.9 Å². The number of hydrogen-bond acceptors (Lipinski definition) is 4. The second kappa shape index (κ2) is 5.25. The van der Waals surface area contributed by atoms with E-state index in [0.29, 0.717) is 6.42 Å². The second-order valence-corrected chi connectivity index (χ2v) is 6.90. The van der Waals surface area contributed by atoms with Gasteiger partial charge in [0.1, 0.15) is 0 Å². The van der Waals surface area contributed by atoms with Gasteiger partial charge in [-0.15, -0.1) is 11.3 Å². The molecule has 0 saturated heterocycles. The van der Waals surface area contributed by atoms with Crippen LogP contribution in [0.25, 0.3) is 0 Å². The van der Waals surface area contributed by atoms with E-state index in [-0.39, 0.29) is 18.1 Å². The molecule has 1 N–H and O–H groups in total. The molecule has 0 radical (unpaired) electrons. The van der Waals surface area contributed by atoms with E-state index < -0.39 is 9.84 Å². The largest absolute Gasteiger partial charge is 0.396 e. The molecule has 14 heavy (non-hydrogen) atoms. The van der Waals surface area contributed by atoms with Gasteiger partial charge in [-0.3, -0.25) is 0 Å². The van der Waals surface area contributed by atoms with Gasteiger partial charge in [-0.25, -0.2) is 8.42 Å². The lowest BCUT2D eigenvalue weighted by atomic mass is 10.5. The third kappa shape index (κ3) is 3.68. The molecule has 3 nitrogen and oxygen atoms in total.